The molecule has 0 aliphatic carbocycles. The molecular weight excluding hydrogens is 356 g/mol. The van der Waals surface area contributed by atoms with Gasteiger partial charge >= 0.3 is 0 Å². The first-order chi connectivity index (χ1) is 11.2. The summed E-state index contributed by atoms with van der Waals surface area (Å²) in [7, 11) is 0. The molecule has 0 aliphatic heterocycles. The third kappa shape index (κ3) is 4.14. The molecule has 2 heterocycles. The highest BCUT2D eigenvalue weighted by atomic mass is 79.9. The van der Waals surface area contributed by atoms with Crippen molar-refractivity contribution in [1.82, 2.24) is 9.97 Å². The minimum Gasteiger partial charge on any atom is -0.340 e. The Balaban J connectivity index is 1.65. The molecule has 1 amide bonds. The largest absolute Gasteiger partial charge is 0.340 e. The summed E-state index contributed by atoms with van der Waals surface area (Å²) in [5, 5.41) is 5.97. The molecule has 2 N–H and O–H groups in total. The third-order valence-corrected chi connectivity index (χ3v) is 3.59. The minimum atomic E-state index is -0.214. The van der Waals surface area contributed by atoms with E-state index < -0.39 is 0 Å². The molecule has 114 valence electrons. The standard InChI is InChI=1S/C17H13BrN4O/c18-13-3-5-14(6-4-13)21-16-8-7-15(11-20-16)22-17(23)12-2-1-9-19-10-12/h1-11H,(H,20,21)(H,22,23). The van der Waals surface area contributed by atoms with Gasteiger partial charge < -0.3 is 10.6 Å². The van der Waals surface area contributed by atoms with Crippen LogP contribution in [0.3, 0.4) is 0 Å². The molecule has 3 rings (SSSR count). The molecule has 0 saturated heterocycles. The summed E-state index contributed by atoms with van der Waals surface area (Å²) in [4.78, 5) is 20.2. The van der Waals surface area contributed by atoms with Crippen molar-refractivity contribution in [3.63, 3.8) is 0 Å². The van der Waals surface area contributed by atoms with Gasteiger partial charge in [0.1, 0.15) is 5.82 Å². The summed E-state index contributed by atoms with van der Waals surface area (Å²) in [6.45, 7) is 0. The topological polar surface area (TPSA) is 66.9 Å². The van der Waals surface area contributed by atoms with E-state index in [2.05, 4.69) is 36.5 Å². The Morgan fingerprint density at radius 3 is 2.39 bits per heavy atom. The van der Waals surface area contributed by atoms with E-state index in [0.717, 1.165) is 10.2 Å². The zero-order chi connectivity index (χ0) is 16.1. The first-order valence-electron chi connectivity index (χ1n) is 6.91. The number of nitrogens with one attached hydrogen (secondary N) is 2. The summed E-state index contributed by atoms with van der Waals surface area (Å²) in [5.41, 5.74) is 2.07. The Morgan fingerprint density at radius 1 is 0.957 bits per heavy atom. The van der Waals surface area contributed by atoms with E-state index in [-0.39, 0.29) is 5.91 Å². The van der Waals surface area contributed by atoms with Gasteiger partial charge in [-0.15, -0.1) is 0 Å². The molecule has 6 heteroatoms. The number of rotatable bonds is 4. The Kier molecular flexibility index (Phi) is 4.63. The molecule has 0 saturated carbocycles. The van der Waals surface area contributed by atoms with E-state index in [1.54, 1.807) is 36.7 Å². The number of anilines is 3. The number of nitrogens with zero attached hydrogens (tertiary/aromatic N) is 2. The first-order valence-corrected chi connectivity index (χ1v) is 7.70. The van der Waals surface area contributed by atoms with Crippen LogP contribution in [0.4, 0.5) is 17.2 Å². The van der Waals surface area contributed by atoms with Crippen LogP contribution in [0, 0.1) is 0 Å². The van der Waals surface area contributed by atoms with Crippen LogP contribution in [0.25, 0.3) is 0 Å². The van der Waals surface area contributed by atoms with E-state index in [0.29, 0.717) is 17.1 Å². The average Bonchev–Trinajstić information content (AvgIpc) is 2.59. The molecule has 0 radical (unpaired) electrons. The SMILES string of the molecule is O=C(Nc1ccc(Nc2ccc(Br)cc2)nc1)c1cccnc1. The lowest BCUT2D eigenvalue weighted by molar-refractivity contribution is 0.102. The molecule has 2 aromatic heterocycles. The Bertz CT molecular complexity index is 789. The molecule has 0 spiro atoms. The summed E-state index contributed by atoms with van der Waals surface area (Å²) >= 11 is 3.39. The lowest BCUT2D eigenvalue weighted by Crippen LogP contribution is -2.12. The van der Waals surface area contributed by atoms with Gasteiger partial charge in [0.05, 0.1) is 17.4 Å². The van der Waals surface area contributed by atoms with Gasteiger partial charge in [-0.2, -0.15) is 0 Å². The fourth-order valence-electron chi connectivity index (χ4n) is 1.92. The number of amides is 1. The molecule has 5 nitrogen and oxygen atoms in total. The molecule has 0 atom stereocenters. The summed E-state index contributed by atoms with van der Waals surface area (Å²) in [6, 6.07) is 14.8. The van der Waals surface area contributed by atoms with Crippen molar-refractivity contribution in [2.45, 2.75) is 0 Å². The molecule has 0 fully saturated rings. The van der Waals surface area contributed by atoms with Crippen LogP contribution in [0.5, 0.6) is 0 Å². The van der Waals surface area contributed by atoms with E-state index >= 15 is 0 Å². The maximum absolute atomic E-state index is 12.0. The quantitative estimate of drug-likeness (QED) is 0.722. The number of carbonyl (C=O) groups excluding carboxylic acids is 1. The number of halogens is 1. The maximum atomic E-state index is 12.0. The summed E-state index contributed by atoms with van der Waals surface area (Å²) in [6.07, 6.45) is 4.75. The van der Waals surface area contributed by atoms with Gasteiger partial charge in [-0.05, 0) is 48.5 Å². The zero-order valence-electron chi connectivity index (χ0n) is 12.0. The van der Waals surface area contributed by atoms with E-state index in [4.69, 9.17) is 0 Å². The van der Waals surface area contributed by atoms with Crippen LogP contribution in [-0.4, -0.2) is 15.9 Å². The van der Waals surface area contributed by atoms with Crippen LogP contribution in [0.15, 0.2) is 71.6 Å². The van der Waals surface area contributed by atoms with Crippen molar-refractivity contribution >= 4 is 39.0 Å². The Labute approximate surface area is 141 Å². The van der Waals surface area contributed by atoms with Crippen molar-refractivity contribution in [1.29, 1.82) is 0 Å². The molecular formula is C17H13BrN4O. The molecule has 0 bridgehead atoms. The van der Waals surface area contributed by atoms with Crippen molar-refractivity contribution in [2.75, 3.05) is 10.6 Å². The van der Waals surface area contributed by atoms with Crippen LogP contribution in [-0.2, 0) is 0 Å². The van der Waals surface area contributed by atoms with Crippen LogP contribution < -0.4 is 10.6 Å². The fraction of sp³-hybridized carbons (Fsp3) is 0. The number of pyridine rings is 2. The molecule has 0 unspecified atom stereocenters. The van der Waals surface area contributed by atoms with E-state index in [1.807, 2.05) is 24.3 Å². The second-order valence-corrected chi connectivity index (χ2v) is 5.68. The van der Waals surface area contributed by atoms with Crippen molar-refractivity contribution in [3.05, 3.63) is 77.2 Å². The van der Waals surface area contributed by atoms with E-state index in [1.165, 1.54) is 6.20 Å². The van der Waals surface area contributed by atoms with Gasteiger partial charge in [-0.3, -0.25) is 9.78 Å². The monoisotopic (exact) mass is 368 g/mol. The first kappa shape index (κ1) is 15.2. The highest BCUT2D eigenvalue weighted by Crippen LogP contribution is 2.19. The highest BCUT2D eigenvalue weighted by molar-refractivity contribution is 9.10. The van der Waals surface area contributed by atoms with Crippen LogP contribution in [0.1, 0.15) is 10.4 Å². The minimum absolute atomic E-state index is 0.214. The second-order valence-electron chi connectivity index (χ2n) is 4.76. The highest BCUT2D eigenvalue weighted by Gasteiger charge is 2.06. The van der Waals surface area contributed by atoms with Gasteiger partial charge in [0.15, 0.2) is 0 Å². The van der Waals surface area contributed by atoms with Crippen molar-refractivity contribution in [3.8, 4) is 0 Å². The van der Waals surface area contributed by atoms with Gasteiger partial charge in [0.25, 0.3) is 5.91 Å². The van der Waals surface area contributed by atoms with Gasteiger partial charge in [0.2, 0.25) is 0 Å². The van der Waals surface area contributed by atoms with Gasteiger partial charge in [-0.25, -0.2) is 4.98 Å². The van der Waals surface area contributed by atoms with Gasteiger partial charge in [0, 0.05) is 22.6 Å². The number of hydrogen-bond donors (Lipinski definition) is 2. The molecule has 23 heavy (non-hydrogen) atoms. The number of carbonyl (C=O) groups is 1. The number of hydrogen-bond acceptors (Lipinski definition) is 4. The maximum Gasteiger partial charge on any atom is 0.257 e. The fourth-order valence-corrected chi connectivity index (χ4v) is 2.19. The smallest absolute Gasteiger partial charge is 0.257 e. The van der Waals surface area contributed by atoms with Crippen molar-refractivity contribution < 1.29 is 4.79 Å². The normalized spacial score (nSPS) is 10.1. The van der Waals surface area contributed by atoms with Gasteiger partial charge in [-0.1, -0.05) is 15.9 Å². The molecule has 1 aromatic carbocycles. The lowest BCUT2D eigenvalue weighted by Gasteiger charge is -2.08. The average molecular weight is 369 g/mol. The Morgan fingerprint density at radius 2 is 1.74 bits per heavy atom. The van der Waals surface area contributed by atoms with Crippen LogP contribution in [0.2, 0.25) is 0 Å². The summed E-state index contributed by atoms with van der Waals surface area (Å²) in [5.74, 6) is 0.486. The second kappa shape index (κ2) is 7.02. The predicted molar refractivity (Wildman–Crippen MR) is 93.9 cm³/mol. The van der Waals surface area contributed by atoms with Crippen molar-refractivity contribution in [2.24, 2.45) is 0 Å². The zero-order valence-corrected chi connectivity index (χ0v) is 13.6. The third-order valence-electron chi connectivity index (χ3n) is 3.06. The summed E-state index contributed by atoms with van der Waals surface area (Å²) < 4.78 is 1.02. The number of aromatic nitrogens is 2. The molecule has 0 aliphatic rings. The Hall–Kier alpha value is -2.73. The van der Waals surface area contributed by atoms with Crippen LogP contribution >= 0.6 is 15.9 Å². The predicted octanol–water partition coefficient (Wildman–Crippen LogP) is 4.24. The number of benzene rings is 1. The lowest BCUT2D eigenvalue weighted by atomic mass is 10.2. The molecule has 3 aromatic rings. The van der Waals surface area contributed by atoms with E-state index in [9.17, 15) is 4.79 Å².